The van der Waals surface area contributed by atoms with Crippen LogP contribution in [0.3, 0.4) is 0 Å². The second-order valence-corrected chi connectivity index (χ2v) is 3.75. The summed E-state index contributed by atoms with van der Waals surface area (Å²) < 4.78 is 10.2. The van der Waals surface area contributed by atoms with Gasteiger partial charge in [0.15, 0.2) is 0 Å². The average Bonchev–Trinajstić information content (AvgIpc) is 2.37. The highest BCUT2D eigenvalue weighted by Gasteiger charge is 2.28. The first-order chi connectivity index (χ1) is 8.72. The third-order valence-corrected chi connectivity index (χ3v) is 2.41. The molecule has 1 saturated heterocycles. The van der Waals surface area contributed by atoms with Gasteiger partial charge in [-0.25, -0.2) is 4.90 Å². The second kappa shape index (κ2) is 5.61. The number of hydrogen-bond donors (Lipinski definition) is 1. The lowest BCUT2D eigenvalue weighted by Crippen LogP contribution is -2.46. The Hall–Kier alpha value is -1.92. The number of carbonyl (C=O) groups is 2. The van der Waals surface area contributed by atoms with Crippen LogP contribution in [0.15, 0.2) is 24.3 Å². The Labute approximate surface area is 104 Å². The number of rotatable bonds is 4. The monoisotopic (exact) mass is 250 g/mol. The van der Waals surface area contributed by atoms with Crippen LogP contribution in [-0.4, -0.2) is 38.2 Å². The van der Waals surface area contributed by atoms with Gasteiger partial charge in [0.1, 0.15) is 25.6 Å². The van der Waals surface area contributed by atoms with Gasteiger partial charge in [0, 0.05) is 12.6 Å². The summed E-state index contributed by atoms with van der Waals surface area (Å²) in [6.45, 7) is 0.618. The van der Waals surface area contributed by atoms with Crippen molar-refractivity contribution < 1.29 is 19.1 Å². The molecule has 18 heavy (non-hydrogen) atoms. The number of morpholine rings is 1. The lowest BCUT2D eigenvalue weighted by atomic mass is 10.2. The van der Waals surface area contributed by atoms with E-state index in [9.17, 15) is 9.59 Å². The minimum absolute atomic E-state index is 0.0837. The first-order valence-corrected chi connectivity index (χ1v) is 5.59. The molecular weight excluding hydrogens is 236 g/mol. The van der Waals surface area contributed by atoms with Crippen LogP contribution in [0.4, 0.5) is 5.69 Å². The maximum Gasteiger partial charge on any atom is 0.259 e. The number of ether oxygens (including phenoxy) is 2. The molecule has 2 N–H and O–H groups in total. The Morgan fingerprint density at radius 1 is 1.28 bits per heavy atom. The van der Waals surface area contributed by atoms with E-state index >= 15 is 0 Å². The van der Waals surface area contributed by atoms with Gasteiger partial charge in [-0.15, -0.1) is 0 Å². The van der Waals surface area contributed by atoms with E-state index in [1.54, 1.807) is 24.3 Å². The van der Waals surface area contributed by atoms with Crippen LogP contribution in [0.25, 0.3) is 0 Å². The third-order valence-electron chi connectivity index (χ3n) is 2.41. The van der Waals surface area contributed by atoms with Gasteiger partial charge in [-0.3, -0.25) is 9.59 Å². The predicted octanol–water partition coefficient (Wildman–Crippen LogP) is -0.0861. The number of carbonyl (C=O) groups excluding carboxylic acids is 2. The SMILES string of the molecule is NCCOc1cccc(N2C(=O)COCC2=O)c1. The Kier molecular flexibility index (Phi) is 3.91. The largest absolute Gasteiger partial charge is 0.492 e. The molecule has 0 saturated carbocycles. The molecule has 6 heteroatoms. The topological polar surface area (TPSA) is 81.9 Å². The molecule has 0 radical (unpaired) electrons. The Bertz CT molecular complexity index is 445. The zero-order valence-corrected chi connectivity index (χ0v) is 9.80. The van der Waals surface area contributed by atoms with E-state index < -0.39 is 0 Å². The molecule has 0 bridgehead atoms. The molecule has 1 aromatic rings. The molecule has 1 aliphatic rings. The number of nitrogens with two attached hydrogens (primary N) is 1. The van der Waals surface area contributed by atoms with Crippen molar-refractivity contribution in [2.75, 3.05) is 31.3 Å². The molecule has 1 heterocycles. The molecular formula is C12H14N2O4. The van der Waals surface area contributed by atoms with E-state index in [-0.39, 0.29) is 25.0 Å². The number of benzene rings is 1. The number of anilines is 1. The van der Waals surface area contributed by atoms with E-state index in [0.29, 0.717) is 24.6 Å². The summed E-state index contributed by atoms with van der Waals surface area (Å²) in [6, 6.07) is 6.78. The van der Waals surface area contributed by atoms with Crippen LogP contribution < -0.4 is 15.4 Å². The molecule has 6 nitrogen and oxygen atoms in total. The normalized spacial score (nSPS) is 15.9. The minimum atomic E-state index is -0.373. The summed E-state index contributed by atoms with van der Waals surface area (Å²) in [5, 5.41) is 0. The lowest BCUT2D eigenvalue weighted by Gasteiger charge is -2.25. The molecule has 1 fully saturated rings. The van der Waals surface area contributed by atoms with Crippen LogP contribution in [0.1, 0.15) is 0 Å². The fourth-order valence-corrected chi connectivity index (χ4v) is 1.67. The molecule has 0 aromatic heterocycles. The van der Waals surface area contributed by atoms with Crippen LogP contribution in [0.2, 0.25) is 0 Å². The Morgan fingerprint density at radius 2 is 2.00 bits per heavy atom. The van der Waals surface area contributed by atoms with E-state index in [1.807, 2.05) is 0 Å². The summed E-state index contributed by atoms with van der Waals surface area (Å²) in [5.74, 6) is -0.172. The van der Waals surface area contributed by atoms with Gasteiger partial charge in [0.05, 0.1) is 5.69 Å². The number of amides is 2. The molecule has 0 unspecified atom stereocenters. The number of nitrogens with zero attached hydrogens (tertiary/aromatic N) is 1. The smallest absolute Gasteiger partial charge is 0.259 e. The summed E-state index contributed by atoms with van der Waals surface area (Å²) >= 11 is 0. The summed E-state index contributed by atoms with van der Waals surface area (Å²) in [5.41, 5.74) is 5.83. The van der Waals surface area contributed by atoms with Gasteiger partial charge in [0.2, 0.25) is 0 Å². The van der Waals surface area contributed by atoms with E-state index in [1.165, 1.54) is 0 Å². The highest BCUT2D eigenvalue weighted by Crippen LogP contribution is 2.22. The maximum absolute atomic E-state index is 11.6. The van der Waals surface area contributed by atoms with Crippen molar-refractivity contribution in [3.63, 3.8) is 0 Å². The Morgan fingerprint density at radius 3 is 2.67 bits per heavy atom. The average molecular weight is 250 g/mol. The third kappa shape index (κ3) is 2.66. The van der Waals surface area contributed by atoms with E-state index in [4.69, 9.17) is 15.2 Å². The maximum atomic E-state index is 11.6. The molecule has 0 spiro atoms. The zero-order valence-electron chi connectivity index (χ0n) is 9.80. The van der Waals surface area contributed by atoms with Gasteiger partial charge < -0.3 is 15.2 Å². The number of imide groups is 1. The van der Waals surface area contributed by atoms with Crippen LogP contribution >= 0.6 is 0 Å². The lowest BCUT2D eigenvalue weighted by molar-refractivity contribution is -0.138. The first-order valence-electron chi connectivity index (χ1n) is 5.59. The fourth-order valence-electron chi connectivity index (χ4n) is 1.67. The summed E-state index contributed by atoms with van der Waals surface area (Å²) in [7, 11) is 0. The van der Waals surface area contributed by atoms with Crippen LogP contribution in [0.5, 0.6) is 5.75 Å². The fraction of sp³-hybridized carbons (Fsp3) is 0.333. The van der Waals surface area contributed by atoms with Gasteiger partial charge >= 0.3 is 0 Å². The van der Waals surface area contributed by atoms with Gasteiger partial charge in [-0.05, 0) is 12.1 Å². The highest BCUT2D eigenvalue weighted by molar-refractivity contribution is 6.17. The molecule has 0 aliphatic carbocycles. The predicted molar refractivity (Wildman–Crippen MR) is 64.3 cm³/mol. The first kappa shape index (κ1) is 12.5. The van der Waals surface area contributed by atoms with Crippen LogP contribution in [0, 0.1) is 0 Å². The van der Waals surface area contributed by atoms with Crippen molar-refractivity contribution in [2.45, 2.75) is 0 Å². The Balaban J connectivity index is 2.21. The van der Waals surface area contributed by atoms with Gasteiger partial charge in [-0.2, -0.15) is 0 Å². The zero-order chi connectivity index (χ0) is 13.0. The van der Waals surface area contributed by atoms with Crippen LogP contribution in [-0.2, 0) is 14.3 Å². The summed E-state index contributed by atoms with van der Waals surface area (Å²) in [6.07, 6.45) is 0. The van der Waals surface area contributed by atoms with Crippen molar-refractivity contribution in [3.05, 3.63) is 24.3 Å². The highest BCUT2D eigenvalue weighted by atomic mass is 16.5. The van der Waals surface area contributed by atoms with Crippen molar-refractivity contribution in [1.82, 2.24) is 0 Å². The molecule has 96 valence electrons. The van der Waals surface area contributed by atoms with E-state index in [0.717, 1.165) is 4.90 Å². The van der Waals surface area contributed by atoms with Gasteiger partial charge in [-0.1, -0.05) is 6.07 Å². The molecule has 0 atom stereocenters. The summed E-state index contributed by atoms with van der Waals surface area (Å²) in [4.78, 5) is 24.4. The van der Waals surface area contributed by atoms with Crippen molar-refractivity contribution in [1.29, 1.82) is 0 Å². The minimum Gasteiger partial charge on any atom is -0.492 e. The molecule has 1 aliphatic heterocycles. The molecule has 1 aromatic carbocycles. The van der Waals surface area contributed by atoms with Crippen molar-refractivity contribution in [2.24, 2.45) is 5.73 Å². The van der Waals surface area contributed by atoms with E-state index in [2.05, 4.69) is 0 Å². The van der Waals surface area contributed by atoms with Gasteiger partial charge in [0.25, 0.3) is 11.8 Å². The molecule has 2 amide bonds. The van der Waals surface area contributed by atoms with Crippen molar-refractivity contribution >= 4 is 17.5 Å². The van der Waals surface area contributed by atoms with Crippen molar-refractivity contribution in [3.8, 4) is 5.75 Å². The molecule has 2 rings (SSSR count). The standard InChI is InChI=1S/C12H14N2O4/c13-4-5-18-10-3-1-2-9(6-10)14-11(15)7-17-8-12(14)16/h1-3,6H,4-5,7-8,13H2. The quantitative estimate of drug-likeness (QED) is 0.755. The second-order valence-electron chi connectivity index (χ2n) is 3.75. The number of hydrogen-bond acceptors (Lipinski definition) is 5.